The van der Waals surface area contributed by atoms with E-state index in [1.807, 2.05) is 13.8 Å². The van der Waals surface area contributed by atoms with Gasteiger partial charge >= 0.3 is 11.6 Å². The molecular weight excluding hydrogens is 336 g/mol. The lowest BCUT2D eigenvalue weighted by Gasteiger charge is -2.22. The third-order valence-corrected chi connectivity index (χ3v) is 4.25. The first-order valence-corrected chi connectivity index (χ1v) is 8.50. The highest BCUT2D eigenvalue weighted by Gasteiger charge is 2.39. The van der Waals surface area contributed by atoms with E-state index in [0.717, 1.165) is 5.39 Å². The molecule has 2 aromatic rings. The molecule has 0 aliphatic carbocycles. The minimum absolute atomic E-state index is 0.182. The van der Waals surface area contributed by atoms with Gasteiger partial charge in [0.1, 0.15) is 17.4 Å². The van der Waals surface area contributed by atoms with Crippen LogP contribution >= 0.6 is 0 Å². The van der Waals surface area contributed by atoms with Gasteiger partial charge in [-0.1, -0.05) is 20.4 Å². The average Bonchev–Trinajstić information content (AvgIpc) is 2.93. The number of hydrogen-bond donors (Lipinski definition) is 0. The lowest BCUT2D eigenvalue weighted by Crippen LogP contribution is -2.24. The molecule has 0 radical (unpaired) electrons. The number of carbonyl (C=O) groups is 1. The number of ether oxygens (including phenoxy) is 3. The van der Waals surface area contributed by atoms with Crippen molar-refractivity contribution in [2.45, 2.75) is 32.5 Å². The van der Waals surface area contributed by atoms with Gasteiger partial charge in [-0.3, -0.25) is 4.79 Å². The Labute approximate surface area is 151 Å². The van der Waals surface area contributed by atoms with E-state index in [0.29, 0.717) is 28.9 Å². The molecule has 0 bridgehead atoms. The van der Waals surface area contributed by atoms with Crippen LogP contribution in [-0.4, -0.2) is 25.8 Å². The van der Waals surface area contributed by atoms with E-state index >= 15 is 0 Å². The summed E-state index contributed by atoms with van der Waals surface area (Å²) in [6, 6.07) is 6.60. The smallest absolute Gasteiger partial charge is 0.336 e. The molecule has 1 aromatic heterocycles. The number of methoxy groups -OCH3 is 1. The average molecular weight is 358 g/mol. The summed E-state index contributed by atoms with van der Waals surface area (Å²) in [6.07, 6.45) is -1.01. The van der Waals surface area contributed by atoms with Gasteiger partial charge < -0.3 is 18.6 Å². The fraction of sp³-hybridized carbons (Fsp3) is 0.400. The zero-order chi connectivity index (χ0) is 18.8. The van der Waals surface area contributed by atoms with Crippen molar-refractivity contribution in [1.29, 1.82) is 0 Å². The summed E-state index contributed by atoms with van der Waals surface area (Å²) in [5.41, 5.74) is 1.09. The minimum atomic E-state index is -0.661. The summed E-state index contributed by atoms with van der Waals surface area (Å²) in [4.78, 5) is 23.9. The van der Waals surface area contributed by atoms with Crippen molar-refractivity contribution >= 4 is 16.9 Å². The Kier molecular flexibility index (Phi) is 5.13. The predicted molar refractivity (Wildman–Crippen MR) is 96.2 cm³/mol. The second-order valence-corrected chi connectivity index (χ2v) is 6.75. The number of fused-ring (bicyclic) bond motifs is 1. The van der Waals surface area contributed by atoms with Crippen molar-refractivity contribution < 1.29 is 23.4 Å². The third kappa shape index (κ3) is 3.51. The van der Waals surface area contributed by atoms with E-state index < -0.39 is 17.8 Å². The van der Waals surface area contributed by atoms with Crippen molar-refractivity contribution in [3.05, 3.63) is 52.4 Å². The second kappa shape index (κ2) is 7.33. The van der Waals surface area contributed by atoms with Crippen LogP contribution in [0.5, 0.6) is 5.75 Å². The Morgan fingerprint density at radius 3 is 2.73 bits per heavy atom. The summed E-state index contributed by atoms with van der Waals surface area (Å²) < 4.78 is 22.3. The van der Waals surface area contributed by atoms with Gasteiger partial charge in [0.25, 0.3) is 0 Å². The Morgan fingerprint density at radius 1 is 1.31 bits per heavy atom. The fourth-order valence-corrected chi connectivity index (χ4v) is 3.07. The highest BCUT2D eigenvalue weighted by Crippen LogP contribution is 2.42. The second-order valence-electron chi connectivity index (χ2n) is 6.75. The van der Waals surface area contributed by atoms with E-state index in [9.17, 15) is 9.59 Å². The molecular formula is C20H22O6. The number of esters is 1. The van der Waals surface area contributed by atoms with E-state index in [2.05, 4.69) is 6.58 Å². The molecule has 2 heterocycles. The first-order chi connectivity index (χ1) is 12.4. The zero-order valence-corrected chi connectivity index (χ0v) is 15.1. The molecule has 26 heavy (non-hydrogen) atoms. The lowest BCUT2D eigenvalue weighted by molar-refractivity contribution is -0.151. The van der Waals surface area contributed by atoms with Crippen LogP contribution in [0.15, 0.2) is 45.6 Å². The van der Waals surface area contributed by atoms with Gasteiger partial charge in [0.15, 0.2) is 6.10 Å². The van der Waals surface area contributed by atoms with Gasteiger partial charge in [0.2, 0.25) is 0 Å². The van der Waals surface area contributed by atoms with Crippen molar-refractivity contribution in [3.63, 3.8) is 0 Å². The molecule has 1 aromatic carbocycles. The standard InChI is InChI=1S/C20H22O6/c1-11(2)9-16(22)26-18-12(3)10-24-20(18)17-14(23-4)7-5-13-6-8-15(21)25-19(13)17/h5-8,11,18,20H,3,9-10H2,1-2,4H3. The predicted octanol–water partition coefficient (Wildman–Crippen LogP) is 3.39. The van der Waals surface area contributed by atoms with Crippen molar-refractivity contribution in [1.82, 2.24) is 0 Å². The molecule has 0 spiro atoms. The highest BCUT2D eigenvalue weighted by molar-refractivity contribution is 5.83. The van der Waals surface area contributed by atoms with E-state index in [1.54, 1.807) is 18.2 Å². The van der Waals surface area contributed by atoms with Gasteiger partial charge in [-0.25, -0.2) is 4.79 Å². The number of rotatable bonds is 5. The number of carbonyl (C=O) groups excluding carboxylic acids is 1. The van der Waals surface area contributed by atoms with Gasteiger partial charge in [0.05, 0.1) is 19.3 Å². The third-order valence-electron chi connectivity index (χ3n) is 4.25. The quantitative estimate of drug-likeness (QED) is 0.463. The molecule has 1 aliphatic heterocycles. The Morgan fingerprint density at radius 2 is 2.04 bits per heavy atom. The van der Waals surface area contributed by atoms with Gasteiger partial charge in [-0.2, -0.15) is 0 Å². The summed E-state index contributed by atoms with van der Waals surface area (Å²) in [7, 11) is 1.52. The van der Waals surface area contributed by atoms with Crippen molar-refractivity contribution in [2.75, 3.05) is 13.7 Å². The maximum Gasteiger partial charge on any atom is 0.336 e. The molecule has 6 heteroatoms. The molecule has 0 amide bonds. The Hall–Kier alpha value is -2.60. The van der Waals surface area contributed by atoms with Crippen LogP contribution in [0.4, 0.5) is 0 Å². The molecule has 138 valence electrons. The summed E-state index contributed by atoms with van der Waals surface area (Å²) >= 11 is 0. The Bertz CT molecular complexity index is 895. The molecule has 3 rings (SSSR count). The zero-order valence-electron chi connectivity index (χ0n) is 15.1. The molecule has 6 nitrogen and oxygen atoms in total. The van der Waals surface area contributed by atoms with Crippen LogP contribution in [-0.2, 0) is 14.3 Å². The molecule has 2 atom stereocenters. The Balaban J connectivity index is 2.06. The van der Waals surface area contributed by atoms with Crippen LogP contribution < -0.4 is 10.4 Å². The summed E-state index contributed by atoms with van der Waals surface area (Å²) in [5, 5.41) is 0.730. The first-order valence-electron chi connectivity index (χ1n) is 8.50. The van der Waals surface area contributed by atoms with Gasteiger partial charge in [0, 0.05) is 17.9 Å². The molecule has 0 N–H and O–H groups in total. The van der Waals surface area contributed by atoms with Crippen LogP contribution in [0.2, 0.25) is 0 Å². The van der Waals surface area contributed by atoms with Gasteiger partial charge in [-0.05, 0) is 29.7 Å². The van der Waals surface area contributed by atoms with E-state index in [4.69, 9.17) is 18.6 Å². The molecule has 1 saturated heterocycles. The van der Waals surface area contributed by atoms with E-state index in [-0.39, 0.29) is 18.5 Å². The highest BCUT2D eigenvalue weighted by atomic mass is 16.6. The normalized spacial score (nSPS) is 19.9. The molecule has 2 unspecified atom stereocenters. The number of hydrogen-bond acceptors (Lipinski definition) is 6. The van der Waals surface area contributed by atoms with Crippen LogP contribution in [0.3, 0.4) is 0 Å². The maximum atomic E-state index is 12.2. The van der Waals surface area contributed by atoms with E-state index in [1.165, 1.54) is 13.2 Å². The summed E-state index contributed by atoms with van der Waals surface area (Å²) in [5.74, 6) is 0.361. The topological polar surface area (TPSA) is 75.0 Å². The number of benzene rings is 1. The lowest BCUT2D eigenvalue weighted by atomic mass is 9.98. The molecule has 1 fully saturated rings. The minimum Gasteiger partial charge on any atom is -0.496 e. The van der Waals surface area contributed by atoms with Crippen LogP contribution in [0.1, 0.15) is 31.9 Å². The monoisotopic (exact) mass is 358 g/mol. The largest absolute Gasteiger partial charge is 0.496 e. The SMILES string of the molecule is C=C1COC(c2c(OC)ccc3ccc(=O)oc23)C1OC(=O)CC(C)C. The fourth-order valence-electron chi connectivity index (χ4n) is 3.07. The van der Waals surface area contributed by atoms with Crippen molar-refractivity contribution in [3.8, 4) is 5.75 Å². The molecule has 0 saturated carbocycles. The maximum absolute atomic E-state index is 12.2. The van der Waals surface area contributed by atoms with Crippen LogP contribution in [0.25, 0.3) is 11.0 Å². The van der Waals surface area contributed by atoms with Gasteiger partial charge in [-0.15, -0.1) is 0 Å². The van der Waals surface area contributed by atoms with Crippen molar-refractivity contribution in [2.24, 2.45) is 5.92 Å². The molecule has 1 aliphatic rings. The summed E-state index contributed by atoms with van der Waals surface area (Å²) in [6.45, 7) is 8.10. The first kappa shape index (κ1) is 18.2. The van der Waals surface area contributed by atoms with Crippen LogP contribution in [0, 0.1) is 5.92 Å².